The summed E-state index contributed by atoms with van der Waals surface area (Å²) < 4.78 is 27.9. The number of carbonyl (C=O) groups excluding carboxylic acids is 2. The van der Waals surface area contributed by atoms with Crippen LogP contribution in [-0.2, 0) is 25.4 Å². The number of aliphatic carboxylic acids is 1. The fourth-order valence-corrected chi connectivity index (χ4v) is 6.65. The van der Waals surface area contributed by atoms with Gasteiger partial charge >= 0.3 is 5.97 Å². The summed E-state index contributed by atoms with van der Waals surface area (Å²) in [6.07, 6.45) is -2.22. The van der Waals surface area contributed by atoms with Crippen molar-refractivity contribution in [2.24, 2.45) is 0 Å². The lowest BCUT2D eigenvalue weighted by molar-refractivity contribution is -0.384. The molecule has 2 N–H and O–H groups in total. The molecule has 0 radical (unpaired) electrons. The fourth-order valence-electron chi connectivity index (χ4n) is 4.32. The molecule has 0 bridgehead atoms. The Morgan fingerprint density at radius 3 is 2.46 bits per heavy atom. The number of non-ortho nitro benzene ring substituents is 1. The Bertz CT molecular complexity index is 1480. The van der Waals surface area contributed by atoms with Crippen molar-refractivity contribution in [2.45, 2.75) is 24.4 Å². The number of thiophene rings is 1. The zero-order valence-corrected chi connectivity index (χ0v) is 22.0. The van der Waals surface area contributed by atoms with E-state index in [0.29, 0.717) is 10.4 Å². The molecule has 2 unspecified atom stereocenters. The number of hydrogen-bond acceptors (Lipinski definition) is 8. The molecule has 0 aliphatic carbocycles. The molecule has 2 atom stereocenters. The molecule has 1 aliphatic heterocycles. The second-order valence-corrected chi connectivity index (χ2v) is 11.6. The van der Waals surface area contributed by atoms with Crippen molar-refractivity contribution >= 4 is 44.8 Å². The third kappa shape index (κ3) is 6.47. The smallest absolute Gasteiger partial charge is 0.305 e. The minimum Gasteiger partial charge on any atom is -0.481 e. The monoisotopic (exact) mass is 572 g/mol. The predicted molar refractivity (Wildman–Crippen MR) is 141 cm³/mol. The molecule has 2 heterocycles. The number of rotatable bonds is 10. The van der Waals surface area contributed by atoms with E-state index in [1.807, 2.05) is 0 Å². The first kappa shape index (κ1) is 27.9. The molecular weight excluding hydrogens is 548 g/mol. The lowest BCUT2D eigenvalue weighted by atomic mass is 10.0. The quantitative estimate of drug-likeness (QED) is 0.276. The van der Waals surface area contributed by atoms with Crippen LogP contribution in [0.5, 0.6) is 0 Å². The molecule has 12 nitrogen and oxygen atoms in total. The second-order valence-electron chi connectivity index (χ2n) is 8.71. The molecule has 4 rings (SSSR count). The van der Waals surface area contributed by atoms with Gasteiger partial charge in [0.15, 0.2) is 6.17 Å². The zero-order valence-electron chi connectivity index (χ0n) is 20.4. The highest BCUT2D eigenvalue weighted by molar-refractivity contribution is 7.88. The summed E-state index contributed by atoms with van der Waals surface area (Å²) in [5, 5.41) is 24.9. The van der Waals surface area contributed by atoms with E-state index in [1.54, 1.807) is 47.8 Å². The molecule has 1 aliphatic rings. The lowest BCUT2D eigenvalue weighted by Gasteiger charge is -2.30. The number of nitrogens with zero attached hydrogens (tertiary/aromatic N) is 3. The van der Waals surface area contributed by atoms with Gasteiger partial charge in [-0.05, 0) is 22.6 Å². The average molecular weight is 573 g/mol. The molecule has 0 saturated carbocycles. The summed E-state index contributed by atoms with van der Waals surface area (Å²) in [5.74, 6) is -3.18. The van der Waals surface area contributed by atoms with Gasteiger partial charge in [-0.15, -0.1) is 11.3 Å². The highest BCUT2D eigenvalue weighted by Crippen LogP contribution is 2.27. The van der Waals surface area contributed by atoms with E-state index < -0.39 is 57.1 Å². The Balaban J connectivity index is 1.68. The van der Waals surface area contributed by atoms with Crippen LogP contribution in [0.15, 0.2) is 72.1 Å². The van der Waals surface area contributed by atoms with Crippen LogP contribution >= 0.6 is 11.3 Å². The highest BCUT2D eigenvalue weighted by atomic mass is 32.2. The molecule has 204 valence electrons. The Hall–Kier alpha value is -4.14. The number of carboxylic acids is 1. The van der Waals surface area contributed by atoms with Gasteiger partial charge in [-0.1, -0.05) is 48.5 Å². The third-order valence-electron chi connectivity index (χ3n) is 6.08. The number of benzene rings is 2. The minimum atomic E-state index is -4.11. The van der Waals surface area contributed by atoms with Crippen LogP contribution in [0.3, 0.4) is 0 Å². The van der Waals surface area contributed by atoms with Crippen LogP contribution in [0.1, 0.15) is 33.3 Å². The molecule has 1 saturated heterocycles. The maximum Gasteiger partial charge on any atom is 0.305 e. The largest absolute Gasteiger partial charge is 0.481 e. The standard InChI is InChI=1S/C25H24N4O8S2/c30-22(31)15-20(18-8-4-9-19(14-18)29(34)35)26-23(32)24-27(25(33)21-10-5-13-38-21)11-12-28(24)39(36,37)16-17-6-2-1-3-7-17/h1-10,13-14,20,24H,11-12,15-16H2,(H,26,32)(H,30,31). The molecule has 2 aromatic carbocycles. The van der Waals surface area contributed by atoms with Gasteiger partial charge in [0.05, 0.1) is 28.0 Å². The van der Waals surface area contributed by atoms with Crippen molar-refractivity contribution in [3.05, 3.63) is 98.2 Å². The highest BCUT2D eigenvalue weighted by Gasteiger charge is 2.46. The number of carbonyl (C=O) groups is 3. The molecule has 1 fully saturated rings. The number of nitro groups is 1. The first-order chi connectivity index (χ1) is 18.6. The topological polar surface area (TPSA) is 167 Å². The Morgan fingerprint density at radius 1 is 1.08 bits per heavy atom. The van der Waals surface area contributed by atoms with Crippen LogP contribution in [-0.4, -0.2) is 64.7 Å². The number of carboxylic acid groups (broad SMARTS) is 1. The maximum absolute atomic E-state index is 13.7. The van der Waals surface area contributed by atoms with Gasteiger partial charge in [0.2, 0.25) is 10.0 Å². The van der Waals surface area contributed by atoms with Gasteiger partial charge in [-0.3, -0.25) is 24.5 Å². The molecule has 14 heteroatoms. The summed E-state index contributed by atoms with van der Waals surface area (Å²) in [5.41, 5.74) is 0.326. The number of nitro benzene ring substituents is 1. The Labute approximate surface area is 227 Å². The van der Waals surface area contributed by atoms with Crippen LogP contribution in [0.4, 0.5) is 5.69 Å². The van der Waals surface area contributed by atoms with E-state index in [1.165, 1.54) is 18.2 Å². The molecular formula is C25H24N4O8S2. The summed E-state index contributed by atoms with van der Waals surface area (Å²) >= 11 is 1.13. The lowest BCUT2D eigenvalue weighted by Crippen LogP contribution is -2.54. The van der Waals surface area contributed by atoms with E-state index in [9.17, 15) is 38.0 Å². The third-order valence-corrected chi connectivity index (χ3v) is 8.74. The molecule has 1 aromatic heterocycles. The fraction of sp³-hybridized carbons (Fsp3) is 0.240. The normalized spacial score (nSPS) is 16.5. The van der Waals surface area contributed by atoms with Crippen molar-refractivity contribution in [1.29, 1.82) is 0 Å². The summed E-state index contributed by atoms with van der Waals surface area (Å²) in [6.45, 7) is -0.214. The maximum atomic E-state index is 13.7. The van der Waals surface area contributed by atoms with Gasteiger partial charge < -0.3 is 15.3 Å². The number of nitrogens with one attached hydrogen (secondary N) is 1. The van der Waals surface area contributed by atoms with Crippen molar-refractivity contribution < 1.29 is 32.8 Å². The van der Waals surface area contributed by atoms with Crippen molar-refractivity contribution in [3.63, 3.8) is 0 Å². The molecule has 39 heavy (non-hydrogen) atoms. The van der Waals surface area contributed by atoms with Gasteiger partial charge in [0, 0.05) is 25.2 Å². The minimum absolute atomic E-state index is 0.0662. The van der Waals surface area contributed by atoms with Crippen molar-refractivity contribution in [3.8, 4) is 0 Å². The van der Waals surface area contributed by atoms with Gasteiger partial charge in [0.25, 0.3) is 17.5 Å². The van der Waals surface area contributed by atoms with Gasteiger partial charge in [-0.2, -0.15) is 4.31 Å². The van der Waals surface area contributed by atoms with Gasteiger partial charge in [0.1, 0.15) is 0 Å². The SMILES string of the molecule is O=C(O)CC(NC(=O)C1N(C(=O)c2cccs2)CCN1S(=O)(=O)Cc1ccccc1)c1cccc([N+](=O)[O-])c1. The second kappa shape index (κ2) is 11.7. The predicted octanol–water partition coefficient (Wildman–Crippen LogP) is 2.60. The Kier molecular flexibility index (Phi) is 8.38. The molecule has 0 spiro atoms. The van der Waals surface area contributed by atoms with E-state index in [0.717, 1.165) is 26.6 Å². The van der Waals surface area contributed by atoms with E-state index in [-0.39, 0.29) is 24.3 Å². The van der Waals surface area contributed by atoms with E-state index >= 15 is 0 Å². The summed E-state index contributed by atoms with van der Waals surface area (Å²) in [4.78, 5) is 50.6. The first-order valence-electron chi connectivity index (χ1n) is 11.7. The average Bonchev–Trinajstić information content (AvgIpc) is 3.59. The summed E-state index contributed by atoms with van der Waals surface area (Å²) in [6, 6.07) is 15.5. The number of sulfonamides is 1. The zero-order chi connectivity index (χ0) is 28.2. The van der Waals surface area contributed by atoms with Crippen molar-refractivity contribution in [1.82, 2.24) is 14.5 Å². The van der Waals surface area contributed by atoms with E-state index in [4.69, 9.17) is 0 Å². The van der Waals surface area contributed by atoms with E-state index in [2.05, 4.69) is 5.32 Å². The number of hydrogen-bond donors (Lipinski definition) is 2. The van der Waals surface area contributed by atoms with Crippen LogP contribution in [0, 0.1) is 10.1 Å². The van der Waals surface area contributed by atoms with Crippen LogP contribution in [0.2, 0.25) is 0 Å². The first-order valence-corrected chi connectivity index (χ1v) is 14.2. The van der Waals surface area contributed by atoms with Crippen LogP contribution in [0.25, 0.3) is 0 Å². The molecule has 2 amide bonds. The summed E-state index contributed by atoms with van der Waals surface area (Å²) in [7, 11) is -4.11. The van der Waals surface area contributed by atoms with Crippen molar-refractivity contribution in [2.75, 3.05) is 13.1 Å². The number of amides is 2. The van der Waals surface area contributed by atoms with Gasteiger partial charge in [-0.25, -0.2) is 8.42 Å². The van der Waals surface area contributed by atoms with Crippen LogP contribution < -0.4 is 5.32 Å². The molecule has 3 aromatic rings. The Morgan fingerprint density at radius 2 is 1.82 bits per heavy atom.